The Morgan fingerprint density at radius 3 is 2.65 bits per heavy atom. The number of nitrogens with zero attached hydrogens (tertiary/aromatic N) is 3. The summed E-state index contributed by atoms with van der Waals surface area (Å²) in [5.41, 5.74) is 2.34. The number of likely N-dealkylation sites (tertiary alicyclic amines) is 1. The van der Waals surface area contributed by atoms with Crippen LogP contribution in [0.15, 0.2) is 59.7 Å². The SMILES string of the molecule is COc1ccc(C2CC(C(=O)N3CC4C=CCC4C3)=NN2c2ccc(Cl)cc2Cl)cc1. The van der Waals surface area contributed by atoms with Gasteiger partial charge in [0, 0.05) is 24.5 Å². The molecule has 7 heteroatoms. The summed E-state index contributed by atoms with van der Waals surface area (Å²) in [4.78, 5) is 15.3. The van der Waals surface area contributed by atoms with Crippen molar-refractivity contribution in [3.05, 3.63) is 70.2 Å². The van der Waals surface area contributed by atoms with Gasteiger partial charge in [0.05, 0.1) is 23.9 Å². The van der Waals surface area contributed by atoms with E-state index in [0.29, 0.717) is 34.0 Å². The summed E-state index contributed by atoms with van der Waals surface area (Å²) in [6.07, 6.45) is 6.05. The summed E-state index contributed by atoms with van der Waals surface area (Å²) < 4.78 is 5.29. The fourth-order valence-corrected chi connectivity index (χ4v) is 5.25. The number of anilines is 1. The molecule has 0 spiro atoms. The topological polar surface area (TPSA) is 45.1 Å². The Kier molecular flexibility index (Phi) is 5.40. The molecule has 0 N–H and O–H groups in total. The van der Waals surface area contributed by atoms with Gasteiger partial charge in [0.1, 0.15) is 11.5 Å². The number of methoxy groups -OCH3 is 1. The summed E-state index contributed by atoms with van der Waals surface area (Å²) >= 11 is 12.6. The molecule has 2 aromatic rings. The second-order valence-corrected chi connectivity index (χ2v) is 9.12. The van der Waals surface area contributed by atoms with Crippen LogP contribution in [0.3, 0.4) is 0 Å². The molecule has 2 aliphatic heterocycles. The molecule has 3 atom stereocenters. The number of benzene rings is 2. The van der Waals surface area contributed by atoms with Gasteiger partial charge >= 0.3 is 0 Å². The normalized spacial score (nSPS) is 24.5. The molecule has 160 valence electrons. The molecule has 1 aliphatic carbocycles. The fraction of sp³-hybridized carbons (Fsp3) is 0.333. The predicted octanol–water partition coefficient (Wildman–Crippen LogP) is 5.34. The fourth-order valence-electron chi connectivity index (χ4n) is 4.75. The maximum absolute atomic E-state index is 13.3. The number of hydrazone groups is 1. The minimum absolute atomic E-state index is 0.0221. The quantitative estimate of drug-likeness (QED) is 0.584. The van der Waals surface area contributed by atoms with E-state index in [1.165, 1.54) is 0 Å². The Morgan fingerprint density at radius 1 is 1.13 bits per heavy atom. The number of amides is 1. The van der Waals surface area contributed by atoms with E-state index in [-0.39, 0.29) is 11.9 Å². The molecule has 31 heavy (non-hydrogen) atoms. The predicted molar refractivity (Wildman–Crippen MR) is 124 cm³/mol. The van der Waals surface area contributed by atoms with Gasteiger partial charge in [0.2, 0.25) is 0 Å². The number of carbonyl (C=O) groups excluding carboxylic acids is 1. The number of rotatable bonds is 4. The largest absolute Gasteiger partial charge is 0.497 e. The van der Waals surface area contributed by atoms with Crippen molar-refractivity contribution >= 4 is 40.5 Å². The molecule has 1 amide bonds. The van der Waals surface area contributed by atoms with Gasteiger partial charge in [0.25, 0.3) is 5.91 Å². The van der Waals surface area contributed by atoms with Crippen LogP contribution in [0, 0.1) is 11.8 Å². The highest BCUT2D eigenvalue weighted by Gasteiger charge is 2.40. The highest BCUT2D eigenvalue weighted by Crippen LogP contribution is 2.41. The standard InChI is InChI=1S/C24H23Cl2N3O2/c1-31-19-8-5-15(6-9-19)23-12-21(24(30)28-13-16-3-2-4-17(16)14-28)27-29(23)22-10-7-18(25)11-20(22)26/h2-3,5-11,16-17,23H,4,12-14H2,1H3. The third kappa shape index (κ3) is 3.81. The van der Waals surface area contributed by atoms with Crippen molar-refractivity contribution in [3.63, 3.8) is 0 Å². The summed E-state index contributed by atoms with van der Waals surface area (Å²) in [6, 6.07) is 13.1. The van der Waals surface area contributed by atoms with Crippen LogP contribution in [-0.2, 0) is 4.79 Å². The monoisotopic (exact) mass is 455 g/mol. The first-order valence-corrected chi connectivity index (χ1v) is 11.2. The molecule has 1 fully saturated rings. The van der Waals surface area contributed by atoms with Crippen molar-refractivity contribution in [3.8, 4) is 5.75 Å². The Balaban J connectivity index is 1.46. The van der Waals surface area contributed by atoms with Crippen LogP contribution in [0.2, 0.25) is 10.0 Å². The molecule has 1 saturated heterocycles. The van der Waals surface area contributed by atoms with Crippen molar-refractivity contribution in [1.82, 2.24) is 4.90 Å². The lowest BCUT2D eigenvalue weighted by molar-refractivity contribution is -0.123. The molecule has 2 heterocycles. The first kappa shape index (κ1) is 20.4. The lowest BCUT2D eigenvalue weighted by Gasteiger charge is -2.25. The highest BCUT2D eigenvalue weighted by molar-refractivity contribution is 6.40. The molecule has 0 radical (unpaired) electrons. The summed E-state index contributed by atoms with van der Waals surface area (Å²) in [7, 11) is 1.64. The van der Waals surface area contributed by atoms with Gasteiger partial charge < -0.3 is 9.64 Å². The lowest BCUT2D eigenvalue weighted by atomic mass is 10.0. The van der Waals surface area contributed by atoms with Crippen molar-refractivity contribution in [1.29, 1.82) is 0 Å². The molecular weight excluding hydrogens is 433 g/mol. The zero-order chi connectivity index (χ0) is 21.5. The van der Waals surface area contributed by atoms with Crippen LogP contribution in [0.4, 0.5) is 5.69 Å². The van der Waals surface area contributed by atoms with E-state index in [4.69, 9.17) is 33.0 Å². The molecule has 3 unspecified atom stereocenters. The minimum Gasteiger partial charge on any atom is -0.497 e. The van der Waals surface area contributed by atoms with E-state index in [2.05, 4.69) is 12.2 Å². The lowest BCUT2D eigenvalue weighted by Crippen LogP contribution is -2.34. The molecule has 5 nitrogen and oxygen atoms in total. The van der Waals surface area contributed by atoms with Gasteiger partial charge in [-0.1, -0.05) is 47.5 Å². The molecule has 3 aliphatic rings. The maximum atomic E-state index is 13.3. The van der Waals surface area contributed by atoms with Crippen LogP contribution in [-0.4, -0.2) is 36.7 Å². The Bertz CT molecular complexity index is 1070. The first-order valence-electron chi connectivity index (χ1n) is 10.4. The van der Waals surface area contributed by atoms with Gasteiger partial charge in [0.15, 0.2) is 0 Å². The highest BCUT2D eigenvalue weighted by atomic mass is 35.5. The molecule has 5 rings (SSSR count). The maximum Gasteiger partial charge on any atom is 0.270 e. The zero-order valence-corrected chi connectivity index (χ0v) is 18.7. The van der Waals surface area contributed by atoms with Crippen LogP contribution in [0.1, 0.15) is 24.4 Å². The van der Waals surface area contributed by atoms with Gasteiger partial charge in [-0.25, -0.2) is 0 Å². The van der Waals surface area contributed by atoms with E-state index in [1.54, 1.807) is 19.2 Å². The van der Waals surface area contributed by atoms with Gasteiger partial charge in [-0.05, 0) is 54.2 Å². The van der Waals surface area contributed by atoms with Crippen molar-refractivity contribution in [2.45, 2.75) is 18.9 Å². The molecule has 2 aromatic carbocycles. The van der Waals surface area contributed by atoms with E-state index < -0.39 is 0 Å². The number of hydrogen-bond acceptors (Lipinski definition) is 4. The van der Waals surface area contributed by atoms with E-state index in [0.717, 1.165) is 36.5 Å². The number of allylic oxidation sites excluding steroid dienone is 1. The van der Waals surface area contributed by atoms with E-state index in [1.807, 2.05) is 40.2 Å². The van der Waals surface area contributed by atoms with Gasteiger partial charge in [-0.3, -0.25) is 9.80 Å². The number of fused-ring (bicyclic) bond motifs is 1. The third-order valence-electron chi connectivity index (χ3n) is 6.42. The van der Waals surface area contributed by atoms with Crippen LogP contribution in [0.25, 0.3) is 0 Å². The van der Waals surface area contributed by atoms with Crippen molar-refractivity contribution in [2.75, 3.05) is 25.2 Å². The van der Waals surface area contributed by atoms with Crippen molar-refractivity contribution < 1.29 is 9.53 Å². The average Bonchev–Trinajstić information content (AvgIpc) is 3.48. The van der Waals surface area contributed by atoms with E-state index >= 15 is 0 Å². The van der Waals surface area contributed by atoms with Crippen molar-refractivity contribution in [2.24, 2.45) is 16.9 Å². The molecular formula is C24H23Cl2N3O2. The zero-order valence-electron chi connectivity index (χ0n) is 17.2. The third-order valence-corrected chi connectivity index (χ3v) is 6.95. The second-order valence-electron chi connectivity index (χ2n) is 8.28. The minimum atomic E-state index is -0.134. The summed E-state index contributed by atoms with van der Waals surface area (Å²) in [6.45, 7) is 1.57. The Morgan fingerprint density at radius 2 is 1.94 bits per heavy atom. The van der Waals surface area contributed by atoms with Crippen LogP contribution in [0.5, 0.6) is 5.75 Å². The summed E-state index contributed by atoms with van der Waals surface area (Å²) in [5.74, 6) is 1.83. The van der Waals surface area contributed by atoms with Crippen LogP contribution < -0.4 is 9.75 Å². The number of ether oxygens (including phenoxy) is 1. The first-order chi connectivity index (χ1) is 15.0. The summed E-state index contributed by atoms with van der Waals surface area (Å²) in [5, 5.41) is 7.69. The van der Waals surface area contributed by atoms with E-state index in [9.17, 15) is 4.79 Å². The van der Waals surface area contributed by atoms with Gasteiger partial charge in [-0.2, -0.15) is 5.10 Å². The Labute approximate surface area is 191 Å². The number of halogens is 2. The average molecular weight is 456 g/mol. The van der Waals surface area contributed by atoms with Gasteiger partial charge in [-0.15, -0.1) is 0 Å². The smallest absolute Gasteiger partial charge is 0.270 e. The number of carbonyl (C=O) groups is 1. The second kappa shape index (κ2) is 8.21. The molecule has 0 bridgehead atoms. The number of hydrogen-bond donors (Lipinski definition) is 0. The Hall–Kier alpha value is -2.50. The molecule has 0 saturated carbocycles. The molecule has 0 aromatic heterocycles. The van der Waals surface area contributed by atoms with Crippen LogP contribution >= 0.6 is 23.2 Å².